The van der Waals surface area contributed by atoms with Crippen LogP contribution in [0.4, 0.5) is 16.6 Å². The van der Waals surface area contributed by atoms with Crippen molar-refractivity contribution in [2.24, 2.45) is 0 Å². The Hall–Kier alpha value is -1.94. The first-order chi connectivity index (χ1) is 7.83. The number of nitrogen functional groups attached to an aromatic ring is 1. The number of rotatable bonds is 2. The van der Waals surface area contributed by atoms with Crippen LogP contribution >= 0.6 is 11.3 Å². The van der Waals surface area contributed by atoms with Crippen LogP contribution in [-0.4, -0.2) is 0 Å². The highest BCUT2D eigenvalue weighted by Gasteiger charge is 2.06. The van der Waals surface area contributed by atoms with Crippen molar-refractivity contribution in [3.8, 4) is 0 Å². The maximum Gasteiger partial charge on any atom is 0.191 e. The van der Waals surface area contributed by atoms with E-state index in [0.717, 1.165) is 21.7 Å². The summed E-state index contributed by atoms with van der Waals surface area (Å²) in [5.41, 5.74) is 7.38. The van der Waals surface area contributed by atoms with Gasteiger partial charge in [0.2, 0.25) is 0 Å². The van der Waals surface area contributed by atoms with Gasteiger partial charge in [-0.15, -0.1) is 11.3 Å². The van der Waals surface area contributed by atoms with E-state index in [1.807, 2.05) is 41.8 Å². The van der Waals surface area contributed by atoms with Crippen LogP contribution in [0.1, 0.15) is 0 Å². The van der Waals surface area contributed by atoms with Crippen molar-refractivity contribution >= 4 is 38.9 Å². The zero-order valence-corrected chi connectivity index (χ0v) is 9.25. The molecule has 0 amide bonds. The van der Waals surface area contributed by atoms with Crippen molar-refractivity contribution in [2.45, 2.75) is 0 Å². The van der Waals surface area contributed by atoms with Gasteiger partial charge in [-0.2, -0.15) is 0 Å². The third kappa shape index (κ3) is 1.53. The molecule has 16 heavy (non-hydrogen) atoms. The van der Waals surface area contributed by atoms with E-state index in [-0.39, 0.29) is 0 Å². The Kier molecular flexibility index (Phi) is 2.08. The zero-order valence-electron chi connectivity index (χ0n) is 8.44. The SMILES string of the molecule is Nc1cc2cccc(Nc3cccs3)c2o1. The summed E-state index contributed by atoms with van der Waals surface area (Å²) in [7, 11) is 0. The van der Waals surface area contributed by atoms with E-state index in [9.17, 15) is 0 Å². The first kappa shape index (κ1) is 9.30. The lowest BCUT2D eigenvalue weighted by Crippen LogP contribution is -1.86. The van der Waals surface area contributed by atoms with Crippen molar-refractivity contribution in [2.75, 3.05) is 11.1 Å². The van der Waals surface area contributed by atoms with Crippen molar-refractivity contribution in [3.63, 3.8) is 0 Å². The quantitative estimate of drug-likeness (QED) is 0.703. The number of nitrogens with two attached hydrogens (primary N) is 1. The molecule has 0 unspecified atom stereocenters. The summed E-state index contributed by atoms with van der Waals surface area (Å²) in [6.45, 7) is 0. The molecule has 3 nitrogen and oxygen atoms in total. The average molecular weight is 230 g/mol. The molecule has 3 rings (SSSR count). The zero-order chi connectivity index (χ0) is 11.0. The molecule has 3 aromatic rings. The van der Waals surface area contributed by atoms with Crippen LogP contribution in [-0.2, 0) is 0 Å². The van der Waals surface area contributed by atoms with Gasteiger partial charge >= 0.3 is 0 Å². The third-order valence-corrected chi connectivity index (χ3v) is 3.13. The summed E-state index contributed by atoms with van der Waals surface area (Å²) >= 11 is 1.65. The lowest BCUT2D eigenvalue weighted by Gasteiger charge is -2.03. The molecule has 0 aliphatic rings. The molecular formula is C12H10N2OS. The van der Waals surface area contributed by atoms with Gasteiger partial charge in [0, 0.05) is 11.5 Å². The summed E-state index contributed by atoms with van der Waals surface area (Å²) in [5, 5.41) is 7.43. The fraction of sp³-hybridized carbons (Fsp3) is 0. The Labute approximate surface area is 96.5 Å². The van der Waals surface area contributed by atoms with E-state index < -0.39 is 0 Å². The van der Waals surface area contributed by atoms with E-state index in [1.165, 1.54) is 0 Å². The Bertz CT molecular complexity index is 613. The van der Waals surface area contributed by atoms with Gasteiger partial charge in [-0.25, -0.2) is 0 Å². The van der Waals surface area contributed by atoms with E-state index >= 15 is 0 Å². The number of hydrogen-bond donors (Lipinski definition) is 2. The molecular weight excluding hydrogens is 220 g/mol. The fourth-order valence-corrected chi connectivity index (χ4v) is 2.29. The largest absolute Gasteiger partial charge is 0.439 e. The lowest BCUT2D eigenvalue weighted by molar-refractivity contribution is 0.638. The fourth-order valence-electron chi connectivity index (χ4n) is 1.66. The second-order valence-electron chi connectivity index (χ2n) is 3.47. The van der Waals surface area contributed by atoms with Crippen LogP contribution < -0.4 is 11.1 Å². The smallest absolute Gasteiger partial charge is 0.191 e. The van der Waals surface area contributed by atoms with Crippen molar-refractivity contribution < 1.29 is 4.42 Å². The van der Waals surface area contributed by atoms with Crippen LogP contribution in [0, 0.1) is 0 Å². The molecule has 0 aliphatic heterocycles. The van der Waals surface area contributed by atoms with Crippen molar-refractivity contribution in [1.29, 1.82) is 0 Å². The minimum Gasteiger partial charge on any atom is -0.439 e. The maximum absolute atomic E-state index is 5.64. The molecule has 0 bridgehead atoms. The number of anilines is 3. The summed E-state index contributed by atoms with van der Waals surface area (Å²) in [6.07, 6.45) is 0. The first-order valence-corrected chi connectivity index (χ1v) is 5.79. The van der Waals surface area contributed by atoms with Crippen molar-refractivity contribution in [3.05, 3.63) is 41.8 Å². The third-order valence-electron chi connectivity index (χ3n) is 2.34. The Balaban J connectivity index is 2.09. The summed E-state index contributed by atoms with van der Waals surface area (Å²) in [4.78, 5) is 0. The number of hydrogen-bond acceptors (Lipinski definition) is 4. The Morgan fingerprint density at radius 1 is 1.19 bits per heavy atom. The standard InChI is InChI=1S/C12H10N2OS/c13-10-7-8-3-1-4-9(12(8)15-10)14-11-5-2-6-16-11/h1-7,14H,13H2. The average Bonchev–Trinajstić information content (AvgIpc) is 2.86. The molecule has 0 aliphatic carbocycles. The molecule has 2 aromatic heterocycles. The van der Waals surface area contributed by atoms with Gasteiger partial charge < -0.3 is 15.5 Å². The predicted molar refractivity (Wildman–Crippen MR) is 68.2 cm³/mol. The highest BCUT2D eigenvalue weighted by molar-refractivity contribution is 7.14. The molecule has 80 valence electrons. The summed E-state index contributed by atoms with van der Waals surface area (Å²) in [6, 6.07) is 11.8. The van der Waals surface area contributed by atoms with Gasteiger partial charge in [0.05, 0.1) is 10.7 Å². The molecule has 4 heteroatoms. The highest BCUT2D eigenvalue weighted by Crippen LogP contribution is 2.31. The van der Waals surface area contributed by atoms with Gasteiger partial charge in [-0.3, -0.25) is 0 Å². The van der Waals surface area contributed by atoms with Gasteiger partial charge in [0.1, 0.15) is 0 Å². The molecule has 0 saturated heterocycles. The number of para-hydroxylation sites is 1. The topological polar surface area (TPSA) is 51.2 Å². The van der Waals surface area contributed by atoms with Crippen LogP contribution in [0.5, 0.6) is 0 Å². The monoisotopic (exact) mass is 230 g/mol. The number of fused-ring (bicyclic) bond motifs is 1. The van der Waals surface area contributed by atoms with Gasteiger partial charge in [0.25, 0.3) is 0 Å². The van der Waals surface area contributed by atoms with E-state index in [0.29, 0.717) is 5.88 Å². The molecule has 1 aromatic carbocycles. The summed E-state index contributed by atoms with van der Waals surface area (Å²) < 4.78 is 5.47. The highest BCUT2D eigenvalue weighted by atomic mass is 32.1. The molecule has 2 heterocycles. The molecule has 0 spiro atoms. The predicted octanol–water partition coefficient (Wildman–Crippen LogP) is 3.82. The summed E-state index contributed by atoms with van der Waals surface area (Å²) in [5.74, 6) is 0.440. The van der Waals surface area contributed by atoms with E-state index in [1.54, 1.807) is 11.3 Å². The van der Waals surface area contributed by atoms with Crippen LogP contribution in [0.3, 0.4) is 0 Å². The maximum atomic E-state index is 5.64. The first-order valence-electron chi connectivity index (χ1n) is 4.91. The molecule has 0 fully saturated rings. The molecule has 0 atom stereocenters. The molecule has 0 saturated carbocycles. The molecule has 0 radical (unpaired) electrons. The molecule has 3 N–H and O–H groups in total. The minimum absolute atomic E-state index is 0.440. The lowest BCUT2D eigenvalue weighted by atomic mass is 10.2. The van der Waals surface area contributed by atoms with Crippen LogP contribution in [0.15, 0.2) is 46.2 Å². The van der Waals surface area contributed by atoms with Crippen LogP contribution in [0.25, 0.3) is 11.0 Å². The second kappa shape index (κ2) is 3.57. The van der Waals surface area contributed by atoms with Gasteiger partial charge in [-0.05, 0) is 23.6 Å². The number of benzene rings is 1. The number of furan rings is 1. The second-order valence-corrected chi connectivity index (χ2v) is 4.42. The number of thiophene rings is 1. The number of nitrogens with one attached hydrogen (secondary N) is 1. The van der Waals surface area contributed by atoms with Gasteiger partial charge in [0.15, 0.2) is 11.5 Å². The van der Waals surface area contributed by atoms with E-state index in [2.05, 4.69) is 5.32 Å². The minimum atomic E-state index is 0.440. The Morgan fingerprint density at radius 3 is 2.94 bits per heavy atom. The van der Waals surface area contributed by atoms with Gasteiger partial charge in [-0.1, -0.05) is 12.1 Å². The Morgan fingerprint density at radius 2 is 2.12 bits per heavy atom. The van der Waals surface area contributed by atoms with E-state index in [4.69, 9.17) is 10.2 Å². The van der Waals surface area contributed by atoms with Crippen molar-refractivity contribution in [1.82, 2.24) is 0 Å². The van der Waals surface area contributed by atoms with Crippen LogP contribution in [0.2, 0.25) is 0 Å². The normalized spacial score (nSPS) is 10.8.